The minimum absolute atomic E-state index is 0.433. The maximum Gasteiger partial charge on any atom is 0.311 e. The van der Waals surface area contributed by atoms with E-state index in [2.05, 4.69) is 4.74 Å². The van der Waals surface area contributed by atoms with Crippen LogP contribution >= 0.6 is 11.6 Å². The lowest BCUT2D eigenvalue weighted by molar-refractivity contribution is -0.148. The third-order valence-electron chi connectivity index (χ3n) is 2.26. The second-order valence-corrected chi connectivity index (χ2v) is 3.74. The molecule has 0 aromatic heterocycles. The Balaban J connectivity index is 2.80. The summed E-state index contributed by atoms with van der Waals surface area (Å²) in [5.74, 6) is -1.02. The quantitative estimate of drug-likeness (QED) is 0.807. The van der Waals surface area contributed by atoms with Gasteiger partial charge < -0.3 is 9.84 Å². The van der Waals surface area contributed by atoms with Gasteiger partial charge in [0.2, 0.25) is 0 Å². The zero-order chi connectivity index (χ0) is 11.4. The highest BCUT2D eigenvalue weighted by Gasteiger charge is 2.23. The predicted molar refractivity (Wildman–Crippen MR) is 57.6 cm³/mol. The molecule has 15 heavy (non-hydrogen) atoms. The van der Waals surface area contributed by atoms with Crippen LogP contribution in [0.15, 0.2) is 24.3 Å². The molecule has 0 heterocycles. The van der Waals surface area contributed by atoms with Crippen molar-refractivity contribution in [1.82, 2.24) is 0 Å². The molecule has 0 aliphatic carbocycles. The predicted octanol–water partition coefficient (Wildman–Crippen LogP) is 2.18. The molecule has 1 aromatic carbocycles. The van der Waals surface area contributed by atoms with Crippen molar-refractivity contribution in [3.05, 3.63) is 34.9 Å². The fourth-order valence-corrected chi connectivity index (χ4v) is 1.39. The first kappa shape index (κ1) is 12.0. The highest BCUT2D eigenvalue weighted by Crippen LogP contribution is 2.23. The number of carbonyl (C=O) groups is 1. The summed E-state index contributed by atoms with van der Waals surface area (Å²) >= 11 is 5.71. The van der Waals surface area contributed by atoms with Crippen LogP contribution in [-0.2, 0) is 9.53 Å². The van der Waals surface area contributed by atoms with Crippen molar-refractivity contribution in [3.63, 3.8) is 0 Å². The van der Waals surface area contributed by atoms with Crippen molar-refractivity contribution in [2.24, 2.45) is 5.92 Å². The topological polar surface area (TPSA) is 46.5 Å². The number of halogens is 1. The van der Waals surface area contributed by atoms with Gasteiger partial charge in [-0.1, -0.05) is 23.7 Å². The average molecular weight is 229 g/mol. The summed E-state index contributed by atoms with van der Waals surface area (Å²) in [4.78, 5) is 11.2. The third kappa shape index (κ3) is 2.94. The summed E-state index contributed by atoms with van der Waals surface area (Å²) in [5, 5.41) is 10.4. The van der Waals surface area contributed by atoms with Crippen molar-refractivity contribution in [3.8, 4) is 0 Å². The SMILES string of the molecule is COC(=O)[C@H](C)[C@H](O)c1ccc(Cl)cc1. The molecule has 1 rings (SSSR count). The summed E-state index contributed by atoms with van der Waals surface area (Å²) in [7, 11) is 1.30. The number of ether oxygens (including phenoxy) is 1. The van der Waals surface area contributed by atoms with Crippen LogP contribution in [0, 0.1) is 5.92 Å². The molecule has 0 saturated carbocycles. The molecule has 1 N–H and O–H groups in total. The van der Waals surface area contributed by atoms with E-state index in [0.717, 1.165) is 0 Å². The summed E-state index contributed by atoms with van der Waals surface area (Å²) < 4.78 is 4.55. The van der Waals surface area contributed by atoms with Crippen molar-refractivity contribution in [2.45, 2.75) is 13.0 Å². The molecule has 0 spiro atoms. The van der Waals surface area contributed by atoms with Crippen molar-refractivity contribution in [1.29, 1.82) is 0 Å². The molecule has 1 aromatic rings. The zero-order valence-corrected chi connectivity index (χ0v) is 9.36. The number of benzene rings is 1. The number of hydrogen-bond acceptors (Lipinski definition) is 3. The van der Waals surface area contributed by atoms with Crippen LogP contribution in [0.1, 0.15) is 18.6 Å². The Morgan fingerprint density at radius 2 is 1.93 bits per heavy atom. The van der Waals surface area contributed by atoms with Gasteiger partial charge in [-0.25, -0.2) is 0 Å². The van der Waals surface area contributed by atoms with Crippen LogP contribution in [0.5, 0.6) is 0 Å². The van der Waals surface area contributed by atoms with Crippen molar-refractivity contribution < 1.29 is 14.6 Å². The largest absolute Gasteiger partial charge is 0.469 e. The van der Waals surface area contributed by atoms with E-state index in [9.17, 15) is 9.90 Å². The number of aliphatic hydroxyl groups is 1. The van der Waals surface area contributed by atoms with Gasteiger partial charge in [0.1, 0.15) is 0 Å². The summed E-state index contributed by atoms with van der Waals surface area (Å²) in [6.07, 6.45) is -0.866. The molecule has 0 saturated heterocycles. The van der Waals surface area contributed by atoms with Gasteiger partial charge in [0.05, 0.1) is 19.1 Å². The molecule has 4 heteroatoms. The van der Waals surface area contributed by atoms with Gasteiger partial charge in [-0.15, -0.1) is 0 Å². The highest BCUT2D eigenvalue weighted by molar-refractivity contribution is 6.30. The Morgan fingerprint density at radius 1 is 1.40 bits per heavy atom. The first-order chi connectivity index (χ1) is 7.06. The van der Waals surface area contributed by atoms with Gasteiger partial charge in [-0.3, -0.25) is 4.79 Å². The van der Waals surface area contributed by atoms with E-state index in [1.54, 1.807) is 31.2 Å². The summed E-state index contributed by atoms with van der Waals surface area (Å²) in [5.41, 5.74) is 0.650. The maximum absolute atomic E-state index is 11.2. The van der Waals surface area contributed by atoms with Gasteiger partial charge >= 0.3 is 5.97 Å². The molecule has 0 aliphatic rings. The molecule has 0 unspecified atom stereocenters. The molecule has 0 bridgehead atoms. The van der Waals surface area contributed by atoms with Gasteiger partial charge in [0.15, 0.2) is 0 Å². The van der Waals surface area contributed by atoms with Crippen LogP contribution in [0.4, 0.5) is 0 Å². The van der Waals surface area contributed by atoms with Gasteiger partial charge in [-0.05, 0) is 24.6 Å². The highest BCUT2D eigenvalue weighted by atomic mass is 35.5. The average Bonchev–Trinajstić information content (AvgIpc) is 2.27. The molecule has 0 amide bonds. The Morgan fingerprint density at radius 3 is 2.40 bits per heavy atom. The lowest BCUT2D eigenvalue weighted by Crippen LogP contribution is -2.20. The molecular weight excluding hydrogens is 216 g/mol. The van der Waals surface area contributed by atoms with E-state index in [4.69, 9.17) is 11.6 Å². The Bertz CT molecular complexity index is 334. The normalized spacial score (nSPS) is 14.4. The third-order valence-corrected chi connectivity index (χ3v) is 2.51. The van der Waals surface area contributed by atoms with Crippen LogP contribution in [-0.4, -0.2) is 18.2 Å². The minimum Gasteiger partial charge on any atom is -0.469 e. The first-order valence-electron chi connectivity index (χ1n) is 4.57. The zero-order valence-electron chi connectivity index (χ0n) is 8.61. The first-order valence-corrected chi connectivity index (χ1v) is 4.95. The van der Waals surface area contributed by atoms with Crippen LogP contribution in [0.3, 0.4) is 0 Å². The van der Waals surface area contributed by atoms with Crippen LogP contribution < -0.4 is 0 Å². The molecule has 3 nitrogen and oxygen atoms in total. The molecule has 0 aliphatic heterocycles. The number of carbonyl (C=O) groups excluding carboxylic acids is 1. The number of hydrogen-bond donors (Lipinski definition) is 1. The monoisotopic (exact) mass is 228 g/mol. The Labute approximate surface area is 93.6 Å². The molecular formula is C11H13ClO3. The van der Waals surface area contributed by atoms with Crippen LogP contribution in [0.25, 0.3) is 0 Å². The second kappa shape index (κ2) is 5.14. The number of methoxy groups -OCH3 is 1. The standard InChI is InChI=1S/C11H13ClO3/c1-7(11(14)15-2)10(13)8-3-5-9(12)6-4-8/h3-7,10,13H,1-2H3/t7-,10+/m1/s1. The maximum atomic E-state index is 11.2. The number of rotatable bonds is 3. The summed E-state index contributed by atoms with van der Waals surface area (Å²) in [6.45, 7) is 1.62. The summed E-state index contributed by atoms with van der Waals surface area (Å²) in [6, 6.07) is 6.72. The molecule has 0 radical (unpaired) electrons. The van der Waals surface area contributed by atoms with E-state index in [0.29, 0.717) is 10.6 Å². The van der Waals surface area contributed by atoms with E-state index in [-0.39, 0.29) is 0 Å². The van der Waals surface area contributed by atoms with E-state index in [1.807, 2.05) is 0 Å². The van der Waals surface area contributed by atoms with Crippen molar-refractivity contribution in [2.75, 3.05) is 7.11 Å². The van der Waals surface area contributed by atoms with E-state index in [1.165, 1.54) is 7.11 Å². The van der Waals surface area contributed by atoms with E-state index >= 15 is 0 Å². The Kier molecular flexibility index (Phi) is 4.12. The van der Waals surface area contributed by atoms with Gasteiger partial charge in [-0.2, -0.15) is 0 Å². The second-order valence-electron chi connectivity index (χ2n) is 3.31. The fraction of sp³-hybridized carbons (Fsp3) is 0.364. The van der Waals surface area contributed by atoms with Gasteiger partial charge in [0, 0.05) is 5.02 Å². The smallest absolute Gasteiger partial charge is 0.311 e. The Hall–Kier alpha value is -1.06. The molecule has 0 fully saturated rings. The number of aliphatic hydroxyl groups excluding tert-OH is 1. The van der Waals surface area contributed by atoms with Crippen LogP contribution in [0.2, 0.25) is 5.02 Å². The fourth-order valence-electron chi connectivity index (χ4n) is 1.26. The molecule has 82 valence electrons. The minimum atomic E-state index is -0.866. The lowest BCUT2D eigenvalue weighted by Gasteiger charge is -2.16. The van der Waals surface area contributed by atoms with Crippen molar-refractivity contribution >= 4 is 17.6 Å². The number of esters is 1. The lowest BCUT2D eigenvalue weighted by atomic mass is 9.98. The van der Waals surface area contributed by atoms with Gasteiger partial charge in [0.25, 0.3) is 0 Å². The molecule has 2 atom stereocenters. The van der Waals surface area contributed by atoms with E-state index < -0.39 is 18.0 Å².